The summed E-state index contributed by atoms with van der Waals surface area (Å²) in [7, 11) is 0. The Kier molecular flexibility index (Phi) is 9.76. The van der Waals surface area contributed by atoms with Crippen LogP contribution in [0, 0.1) is 6.92 Å². The summed E-state index contributed by atoms with van der Waals surface area (Å²) in [5.74, 6) is 1.15. The van der Waals surface area contributed by atoms with Gasteiger partial charge in [0.15, 0.2) is 18.1 Å². The van der Waals surface area contributed by atoms with E-state index in [4.69, 9.17) is 14.5 Å². The third-order valence-electron chi connectivity index (χ3n) is 6.22. The fourth-order valence-electron chi connectivity index (χ4n) is 3.94. The van der Waals surface area contributed by atoms with Crippen LogP contribution in [-0.2, 0) is 4.79 Å². The van der Waals surface area contributed by atoms with Gasteiger partial charge in [0.05, 0.1) is 28.2 Å². The van der Waals surface area contributed by atoms with E-state index in [2.05, 4.69) is 42.3 Å². The first kappa shape index (κ1) is 29.5. The maximum atomic E-state index is 13.4. The molecule has 1 heterocycles. The fraction of sp³-hybridized carbons (Fsp3) is 0.267. The molecule has 1 aromatic heterocycles. The van der Waals surface area contributed by atoms with E-state index >= 15 is 0 Å². The van der Waals surface area contributed by atoms with Crippen molar-refractivity contribution in [1.29, 1.82) is 0 Å². The average molecular weight is 670 g/mol. The number of ether oxygens (including phenoxy) is 2. The molecular weight excluding hydrogens is 640 g/mol. The molecule has 0 spiro atoms. The topological polar surface area (TPSA) is 94.8 Å². The maximum absolute atomic E-state index is 13.4. The molecule has 3 aromatic carbocycles. The number of hydrogen-bond acceptors (Lipinski definition) is 6. The lowest BCUT2D eigenvalue weighted by molar-refractivity contribution is -0.118. The number of carbonyl (C=O) groups excluding carboxylic acids is 1. The molecule has 1 amide bonds. The highest BCUT2D eigenvalue weighted by Crippen LogP contribution is 2.36. The van der Waals surface area contributed by atoms with E-state index in [1.54, 1.807) is 24.4 Å². The van der Waals surface area contributed by atoms with Crippen LogP contribution in [0.1, 0.15) is 50.1 Å². The van der Waals surface area contributed by atoms with E-state index in [0.29, 0.717) is 50.6 Å². The Bertz CT molecular complexity index is 1620. The highest BCUT2D eigenvalue weighted by atomic mass is 79.9. The van der Waals surface area contributed by atoms with Crippen molar-refractivity contribution in [2.45, 2.75) is 40.0 Å². The molecule has 0 aliphatic rings. The van der Waals surface area contributed by atoms with Gasteiger partial charge >= 0.3 is 0 Å². The van der Waals surface area contributed by atoms with E-state index < -0.39 is 0 Å². The first-order valence-corrected chi connectivity index (χ1v) is 14.5. The number of fused-ring (bicyclic) bond motifs is 1. The Labute approximate surface area is 249 Å². The van der Waals surface area contributed by atoms with Crippen LogP contribution in [0.25, 0.3) is 10.9 Å². The van der Waals surface area contributed by atoms with Crippen LogP contribution in [0.5, 0.6) is 11.5 Å². The second-order valence-corrected chi connectivity index (χ2v) is 11.0. The molecule has 0 saturated heterocycles. The van der Waals surface area contributed by atoms with Gasteiger partial charge in [-0.2, -0.15) is 9.78 Å². The average Bonchev–Trinajstić information content (AvgIpc) is 2.93. The molecule has 0 bridgehead atoms. The predicted octanol–water partition coefficient (Wildman–Crippen LogP) is 7.04. The fourth-order valence-corrected chi connectivity index (χ4v) is 4.88. The Hall–Kier alpha value is -3.50. The van der Waals surface area contributed by atoms with Gasteiger partial charge in [-0.1, -0.05) is 47.5 Å². The Morgan fingerprint density at radius 3 is 2.55 bits per heavy atom. The number of aromatic nitrogens is 2. The summed E-state index contributed by atoms with van der Waals surface area (Å²) < 4.78 is 14.4. The van der Waals surface area contributed by atoms with Crippen LogP contribution in [0.15, 0.2) is 73.4 Å². The minimum absolute atomic E-state index is 0.0189. The third-order valence-corrected chi connectivity index (χ3v) is 7.31. The molecule has 0 aliphatic heterocycles. The molecule has 4 aromatic rings. The minimum atomic E-state index is -0.295. The van der Waals surface area contributed by atoms with Gasteiger partial charge in [-0.25, -0.2) is 4.98 Å². The van der Waals surface area contributed by atoms with Gasteiger partial charge in [0.25, 0.3) is 11.5 Å². The highest BCUT2D eigenvalue weighted by Gasteiger charge is 2.17. The molecule has 10 heteroatoms. The third kappa shape index (κ3) is 6.98. The number of nitrogens with one attached hydrogen (secondary N) is 1. The van der Waals surface area contributed by atoms with Crippen molar-refractivity contribution in [3.8, 4) is 11.5 Å². The monoisotopic (exact) mass is 668 g/mol. The summed E-state index contributed by atoms with van der Waals surface area (Å²) in [6.45, 7) is 8.09. The number of anilines is 1. The largest absolute Gasteiger partial charge is 0.490 e. The van der Waals surface area contributed by atoms with E-state index in [9.17, 15) is 9.59 Å². The smallest absolute Gasteiger partial charge is 0.282 e. The molecule has 1 atom stereocenters. The van der Waals surface area contributed by atoms with Gasteiger partial charge < -0.3 is 14.8 Å². The van der Waals surface area contributed by atoms with Crippen molar-refractivity contribution >= 4 is 60.6 Å². The molecule has 4 rings (SSSR count). The van der Waals surface area contributed by atoms with Crippen molar-refractivity contribution < 1.29 is 14.3 Å². The van der Waals surface area contributed by atoms with Crippen LogP contribution in [-0.4, -0.2) is 35.0 Å². The summed E-state index contributed by atoms with van der Waals surface area (Å²) >= 11 is 6.97. The second-order valence-electron chi connectivity index (χ2n) is 9.27. The van der Waals surface area contributed by atoms with Crippen LogP contribution in [0.4, 0.5) is 5.69 Å². The molecule has 0 radical (unpaired) electrons. The molecule has 0 fully saturated rings. The quantitative estimate of drug-likeness (QED) is 0.183. The first-order chi connectivity index (χ1) is 19.2. The van der Waals surface area contributed by atoms with E-state index in [1.165, 1.54) is 4.68 Å². The minimum Gasteiger partial charge on any atom is -0.490 e. The molecule has 0 unspecified atom stereocenters. The van der Waals surface area contributed by atoms with Crippen molar-refractivity contribution in [2.75, 3.05) is 18.5 Å². The lowest BCUT2D eigenvalue weighted by atomic mass is 10.1. The normalized spacial score (nSPS) is 12.1. The van der Waals surface area contributed by atoms with Crippen molar-refractivity contribution in [2.24, 2.45) is 5.10 Å². The molecule has 208 valence electrons. The number of carbonyl (C=O) groups is 1. The first-order valence-electron chi connectivity index (χ1n) is 12.9. The predicted molar refractivity (Wildman–Crippen MR) is 166 cm³/mol. The molecule has 40 heavy (non-hydrogen) atoms. The number of hydrogen-bond donors (Lipinski definition) is 1. The zero-order chi connectivity index (χ0) is 28.8. The zero-order valence-corrected chi connectivity index (χ0v) is 25.9. The van der Waals surface area contributed by atoms with E-state index in [1.807, 2.05) is 64.1 Å². The van der Waals surface area contributed by atoms with Crippen LogP contribution >= 0.6 is 31.9 Å². The van der Waals surface area contributed by atoms with Crippen LogP contribution in [0.2, 0.25) is 0 Å². The summed E-state index contributed by atoms with van der Waals surface area (Å²) in [4.78, 5) is 30.7. The molecular formula is C30H30Br2N4O4. The molecule has 0 aliphatic carbocycles. The van der Waals surface area contributed by atoms with Gasteiger partial charge in [-0.3, -0.25) is 9.59 Å². The SMILES string of the molecule is CCOc1cc(C=Nn2c([C@@H](C)CC)nc3ccc(Br)cc3c2=O)cc(Br)c1OCC(=O)Nc1ccc(C)cc1. The van der Waals surface area contributed by atoms with E-state index in [0.717, 1.165) is 16.5 Å². The lowest BCUT2D eigenvalue weighted by Crippen LogP contribution is -2.23. The van der Waals surface area contributed by atoms with Gasteiger partial charge in [-0.05, 0) is 84.2 Å². The van der Waals surface area contributed by atoms with Gasteiger partial charge in [0.1, 0.15) is 5.82 Å². The van der Waals surface area contributed by atoms with Crippen molar-refractivity contribution in [3.63, 3.8) is 0 Å². The van der Waals surface area contributed by atoms with E-state index in [-0.39, 0.29) is 24.0 Å². The molecule has 1 N–H and O–H groups in total. The van der Waals surface area contributed by atoms with Crippen molar-refractivity contribution in [3.05, 3.63) is 90.8 Å². The molecule has 0 saturated carbocycles. The van der Waals surface area contributed by atoms with Gasteiger partial charge in [-0.15, -0.1) is 0 Å². The Balaban J connectivity index is 1.62. The number of amides is 1. The Morgan fingerprint density at radius 2 is 1.85 bits per heavy atom. The molecule has 8 nitrogen and oxygen atoms in total. The van der Waals surface area contributed by atoms with Gasteiger partial charge in [0.2, 0.25) is 0 Å². The summed E-state index contributed by atoms with van der Waals surface area (Å²) in [5, 5.41) is 7.84. The number of halogens is 2. The van der Waals surface area contributed by atoms with Crippen LogP contribution in [0.3, 0.4) is 0 Å². The second kappa shape index (κ2) is 13.2. The lowest BCUT2D eigenvalue weighted by Gasteiger charge is -2.15. The van der Waals surface area contributed by atoms with Gasteiger partial charge in [0, 0.05) is 16.1 Å². The number of benzene rings is 3. The zero-order valence-electron chi connectivity index (χ0n) is 22.7. The Morgan fingerprint density at radius 1 is 1.10 bits per heavy atom. The standard InChI is InChI=1S/C30H30Br2N4O4/c1-5-19(4)29-35-25-12-9-21(31)15-23(25)30(38)36(29)33-16-20-13-24(32)28(26(14-20)39-6-2)40-17-27(37)34-22-10-7-18(3)8-11-22/h7-16,19H,5-6,17H2,1-4H3,(H,34,37)/t19-/m0/s1. The number of aryl methyl sites for hydroxylation is 1. The van der Waals surface area contributed by atoms with Crippen LogP contribution < -0.4 is 20.3 Å². The number of rotatable bonds is 10. The summed E-state index contributed by atoms with van der Waals surface area (Å²) in [6.07, 6.45) is 2.38. The number of nitrogens with zero attached hydrogens (tertiary/aromatic N) is 3. The maximum Gasteiger partial charge on any atom is 0.282 e. The summed E-state index contributed by atoms with van der Waals surface area (Å²) in [6, 6.07) is 16.5. The summed E-state index contributed by atoms with van der Waals surface area (Å²) in [5.41, 5.74) is 2.85. The van der Waals surface area contributed by atoms with Crippen molar-refractivity contribution in [1.82, 2.24) is 9.66 Å². The highest BCUT2D eigenvalue weighted by molar-refractivity contribution is 9.10.